The lowest BCUT2D eigenvalue weighted by molar-refractivity contribution is 0.184. The van der Waals surface area contributed by atoms with E-state index in [1.807, 2.05) is 0 Å². The fourth-order valence-electron chi connectivity index (χ4n) is 7.55. The Kier molecular flexibility index (Phi) is 5.81. The normalized spacial score (nSPS) is 44.4. The van der Waals surface area contributed by atoms with Gasteiger partial charge in [-0.05, 0) is 75.0 Å². The van der Waals surface area contributed by atoms with Crippen LogP contribution in [0, 0.1) is 23.7 Å². The maximum absolute atomic E-state index is 2.65. The van der Waals surface area contributed by atoms with Gasteiger partial charge < -0.3 is 0 Å². The maximum Gasteiger partial charge on any atom is 0.0219 e. The molecule has 0 bridgehead atoms. The van der Waals surface area contributed by atoms with E-state index in [0.717, 1.165) is 23.7 Å². The molecule has 0 saturated heterocycles. The van der Waals surface area contributed by atoms with Crippen molar-refractivity contribution >= 4 is 11.8 Å². The Hall–Kier alpha value is 0.350. The lowest BCUT2D eigenvalue weighted by Gasteiger charge is -2.57. The summed E-state index contributed by atoms with van der Waals surface area (Å²) in [6, 6.07) is 0. The van der Waals surface area contributed by atoms with Crippen LogP contribution < -0.4 is 0 Å². The zero-order chi connectivity index (χ0) is 17.3. The van der Waals surface area contributed by atoms with Gasteiger partial charge in [-0.2, -0.15) is 0 Å². The first-order valence-corrected chi connectivity index (χ1v) is 12.7. The minimum atomic E-state index is 0.642. The van der Waals surface area contributed by atoms with Gasteiger partial charge >= 0.3 is 0 Å². The Morgan fingerprint density at radius 2 is 0.880 bits per heavy atom. The van der Waals surface area contributed by atoms with E-state index in [1.54, 1.807) is 38.5 Å². The van der Waals surface area contributed by atoms with E-state index in [0.29, 0.717) is 9.49 Å². The van der Waals surface area contributed by atoms with Gasteiger partial charge in [-0.25, -0.2) is 0 Å². The van der Waals surface area contributed by atoms with E-state index in [9.17, 15) is 0 Å². The van der Waals surface area contributed by atoms with E-state index >= 15 is 0 Å². The molecule has 4 aliphatic rings. The molecule has 0 N–H and O–H groups in total. The molecule has 4 unspecified atom stereocenters. The molecule has 4 aliphatic carbocycles. The van der Waals surface area contributed by atoms with E-state index < -0.39 is 0 Å². The molecule has 0 heterocycles. The van der Waals surface area contributed by atoms with Crippen molar-refractivity contribution in [3.8, 4) is 0 Å². The van der Waals surface area contributed by atoms with E-state index in [-0.39, 0.29) is 0 Å². The van der Waals surface area contributed by atoms with Crippen molar-refractivity contribution < 1.29 is 0 Å². The number of hydrogen-bond acceptors (Lipinski definition) is 1. The van der Waals surface area contributed by atoms with E-state index in [2.05, 4.69) is 25.6 Å². The van der Waals surface area contributed by atoms with Crippen LogP contribution >= 0.6 is 11.8 Å². The molecule has 4 atom stereocenters. The van der Waals surface area contributed by atoms with Crippen molar-refractivity contribution in [2.75, 3.05) is 0 Å². The molecule has 0 radical (unpaired) electrons. The molecule has 0 amide bonds. The Morgan fingerprint density at radius 3 is 1.24 bits per heavy atom. The van der Waals surface area contributed by atoms with Crippen molar-refractivity contribution in [2.45, 2.75) is 126 Å². The second-order valence-electron chi connectivity index (χ2n) is 10.3. The first-order chi connectivity index (χ1) is 12.2. The molecule has 0 aliphatic heterocycles. The minimum Gasteiger partial charge on any atom is -0.147 e. The molecule has 0 nitrogen and oxygen atoms in total. The topological polar surface area (TPSA) is 0 Å². The van der Waals surface area contributed by atoms with Crippen molar-refractivity contribution in [2.24, 2.45) is 23.7 Å². The summed E-state index contributed by atoms with van der Waals surface area (Å²) in [5.74, 6) is 4.00. The molecule has 4 fully saturated rings. The van der Waals surface area contributed by atoms with Gasteiger partial charge in [0.2, 0.25) is 0 Å². The van der Waals surface area contributed by atoms with Crippen LogP contribution in [-0.2, 0) is 0 Å². The van der Waals surface area contributed by atoms with Crippen LogP contribution in [0.15, 0.2) is 0 Å². The summed E-state index contributed by atoms with van der Waals surface area (Å²) in [6.07, 6.45) is 24.4. The molecular formula is C24H42S. The van der Waals surface area contributed by atoms with Crippen molar-refractivity contribution in [1.82, 2.24) is 0 Å². The fourth-order valence-corrected chi connectivity index (χ4v) is 10.2. The molecule has 0 aromatic rings. The molecule has 144 valence electrons. The zero-order valence-electron chi connectivity index (χ0n) is 17.0. The van der Waals surface area contributed by atoms with E-state index in [4.69, 9.17) is 0 Å². The Labute approximate surface area is 161 Å². The van der Waals surface area contributed by atoms with Gasteiger partial charge in [0.05, 0.1) is 0 Å². The van der Waals surface area contributed by atoms with Gasteiger partial charge in [-0.1, -0.05) is 65.2 Å². The van der Waals surface area contributed by atoms with Crippen molar-refractivity contribution in [3.05, 3.63) is 0 Å². The van der Waals surface area contributed by atoms with Crippen molar-refractivity contribution in [1.29, 1.82) is 0 Å². The van der Waals surface area contributed by atoms with Crippen LogP contribution in [-0.4, -0.2) is 9.49 Å². The lowest BCUT2D eigenvalue weighted by atomic mass is 9.70. The van der Waals surface area contributed by atoms with Crippen LogP contribution in [0.4, 0.5) is 0 Å². The maximum atomic E-state index is 2.65. The molecule has 0 aromatic carbocycles. The smallest absolute Gasteiger partial charge is 0.0219 e. The number of hydrogen-bond donors (Lipinski definition) is 0. The average molecular weight is 363 g/mol. The third-order valence-electron chi connectivity index (χ3n) is 9.05. The summed E-state index contributed by atoms with van der Waals surface area (Å²) >= 11 is 2.65. The predicted octanol–water partition coefficient (Wildman–Crippen LogP) is 8.00. The van der Waals surface area contributed by atoms with Crippen LogP contribution in [0.2, 0.25) is 0 Å². The SMILES string of the molecule is CC1CCCCC1(SC1(C2CCCC2)CCCCC1C)C1CCCC1. The van der Waals surface area contributed by atoms with Crippen LogP contribution in [0.1, 0.15) is 117 Å². The summed E-state index contributed by atoms with van der Waals surface area (Å²) in [7, 11) is 0. The minimum absolute atomic E-state index is 0.642. The Morgan fingerprint density at radius 1 is 0.520 bits per heavy atom. The summed E-state index contributed by atoms with van der Waals surface area (Å²) < 4.78 is 1.28. The summed E-state index contributed by atoms with van der Waals surface area (Å²) in [4.78, 5) is 0. The largest absolute Gasteiger partial charge is 0.147 e. The summed E-state index contributed by atoms with van der Waals surface area (Å²) in [5.41, 5.74) is 0. The fraction of sp³-hybridized carbons (Fsp3) is 1.00. The summed E-state index contributed by atoms with van der Waals surface area (Å²) in [6.45, 7) is 5.31. The van der Waals surface area contributed by atoms with Crippen LogP contribution in [0.3, 0.4) is 0 Å². The number of thioether (sulfide) groups is 1. The standard InChI is InChI=1S/C24H42S/c1-19-11-7-9-17-23(19,21-13-3-4-14-21)25-24(22-15-5-6-16-22)18-10-8-12-20(24)2/h19-22H,3-18H2,1-2H3. The molecule has 4 rings (SSSR count). The van der Waals surface area contributed by atoms with Crippen molar-refractivity contribution in [3.63, 3.8) is 0 Å². The average Bonchev–Trinajstić information content (AvgIpc) is 3.32. The Bertz CT molecular complexity index is 393. The predicted molar refractivity (Wildman–Crippen MR) is 112 cm³/mol. The van der Waals surface area contributed by atoms with Gasteiger partial charge in [0.15, 0.2) is 0 Å². The second kappa shape index (κ2) is 7.76. The van der Waals surface area contributed by atoms with Gasteiger partial charge in [0.25, 0.3) is 0 Å². The first-order valence-electron chi connectivity index (χ1n) is 11.9. The third-order valence-corrected chi connectivity index (χ3v) is 11.7. The number of rotatable bonds is 4. The highest BCUT2D eigenvalue weighted by Crippen LogP contribution is 2.64. The second-order valence-corrected chi connectivity index (χ2v) is 12.0. The van der Waals surface area contributed by atoms with Crippen LogP contribution in [0.25, 0.3) is 0 Å². The Balaban J connectivity index is 1.67. The third kappa shape index (κ3) is 3.34. The molecule has 0 aromatic heterocycles. The molecule has 1 heteroatoms. The molecule has 0 spiro atoms. The molecular weight excluding hydrogens is 320 g/mol. The highest BCUT2D eigenvalue weighted by Gasteiger charge is 2.55. The van der Waals surface area contributed by atoms with E-state index in [1.165, 1.54) is 64.2 Å². The van der Waals surface area contributed by atoms with Crippen LogP contribution in [0.5, 0.6) is 0 Å². The first kappa shape index (κ1) is 18.7. The zero-order valence-corrected chi connectivity index (χ0v) is 17.8. The van der Waals surface area contributed by atoms with Gasteiger partial charge in [-0.3, -0.25) is 0 Å². The molecule has 4 saturated carbocycles. The van der Waals surface area contributed by atoms with Gasteiger partial charge in [-0.15, -0.1) is 11.8 Å². The lowest BCUT2D eigenvalue weighted by Crippen LogP contribution is -2.52. The summed E-state index contributed by atoms with van der Waals surface area (Å²) in [5, 5.41) is 0. The van der Waals surface area contributed by atoms with Gasteiger partial charge in [0, 0.05) is 9.49 Å². The quantitative estimate of drug-likeness (QED) is 0.488. The molecule has 25 heavy (non-hydrogen) atoms. The monoisotopic (exact) mass is 362 g/mol. The highest BCUT2D eigenvalue weighted by molar-refractivity contribution is 8.02. The van der Waals surface area contributed by atoms with Gasteiger partial charge in [0.1, 0.15) is 0 Å². The highest BCUT2D eigenvalue weighted by atomic mass is 32.2.